The zero-order valence-electron chi connectivity index (χ0n) is 11.2. The minimum Gasteiger partial charge on any atom is -0.321 e. The van der Waals surface area contributed by atoms with Crippen LogP contribution in [-0.2, 0) is 5.54 Å². The summed E-state index contributed by atoms with van der Waals surface area (Å²) < 4.78 is 0. The Bertz CT molecular complexity index is 359. The second-order valence-electron chi connectivity index (χ2n) is 5.93. The fourth-order valence-electron chi connectivity index (χ4n) is 2.87. The van der Waals surface area contributed by atoms with E-state index < -0.39 is 0 Å². The molecule has 2 nitrogen and oxygen atoms in total. The summed E-state index contributed by atoms with van der Waals surface area (Å²) in [6, 6.07) is 4.22. The van der Waals surface area contributed by atoms with Gasteiger partial charge in [0.15, 0.2) is 0 Å². The first-order valence-corrected chi connectivity index (χ1v) is 6.73. The van der Waals surface area contributed by atoms with Crippen molar-refractivity contribution in [3.05, 3.63) is 29.6 Å². The monoisotopic (exact) mass is 232 g/mol. The maximum absolute atomic E-state index is 6.55. The number of hydrogen-bond donors (Lipinski definition) is 1. The van der Waals surface area contributed by atoms with Crippen molar-refractivity contribution in [2.45, 2.75) is 52.0 Å². The summed E-state index contributed by atoms with van der Waals surface area (Å²) in [6.45, 7) is 6.66. The van der Waals surface area contributed by atoms with Crippen LogP contribution in [0.5, 0.6) is 0 Å². The van der Waals surface area contributed by atoms with E-state index in [1.807, 2.05) is 13.1 Å². The van der Waals surface area contributed by atoms with Crippen molar-refractivity contribution in [3.8, 4) is 0 Å². The van der Waals surface area contributed by atoms with E-state index in [1.54, 1.807) is 0 Å². The number of hydrogen-bond acceptors (Lipinski definition) is 2. The normalized spacial score (nSPS) is 29.6. The Kier molecular flexibility index (Phi) is 3.53. The van der Waals surface area contributed by atoms with E-state index in [2.05, 4.69) is 31.0 Å². The minimum absolute atomic E-state index is 0.133. The predicted octanol–water partition coefficient (Wildman–Crippen LogP) is 3.39. The number of rotatable bonds is 2. The summed E-state index contributed by atoms with van der Waals surface area (Å²) in [5.41, 5.74) is 8.70. The van der Waals surface area contributed by atoms with Gasteiger partial charge in [0, 0.05) is 17.4 Å². The standard InChI is InChI=1S/C15H24N2/c1-11(2)13-6-8-15(16,9-7-13)14-5-4-12(3)17-10-14/h4-5,10-11,13H,6-9,16H2,1-3H3. The molecule has 0 bridgehead atoms. The largest absolute Gasteiger partial charge is 0.321 e. The summed E-state index contributed by atoms with van der Waals surface area (Å²) in [7, 11) is 0. The van der Waals surface area contributed by atoms with E-state index in [-0.39, 0.29) is 5.54 Å². The van der Waals surface area contributed by atoms with Crippen LogP contribution in [0.25, 0.3) is 0 Å². The van der Waals surface area contributed by atoms with E-state index in [4.69, 9.17) is 5.73 Å². The first-order chi connectivity index (χ1) is 8.01. The van der Waals surface area contributed by atoms with Crippen molar-refractivity contribution in [2.75, 3.05) is 0 Å². The van der Waals surface area contributed by atoms with Gasteiger partial charge in [-0.25, -0.2) is 0 Å². The highest BCUT2D eigenvalue weighted by molar-refractivity contribution is 5.23. The topological polar surface area (TPSA) is 38.9 Å². The van der Waals surface area contributed by atoms with Gasteiger partial charge < -0.3 is 5.73 Å². The highest BCUT2D eigenvalue weighted by atomic mass is 14.8. The molecule has 1 aromatic heterocycles. The van der Waals surface area contributed by atoms with Crippen molar-refractivity contribution in [2.24, 2.45) is 17.6 Å². The fraction of sp³-hybridized carbons (Fsp3) is 0.667. The number of nitrogens with zero attached hydrogens (tertiary/aromatic N) is 1. The zero-order chi connectivity index (χ0) is 12.5. The highest BCUT2D eigenvalue weighted by Gasteiger charge is 2.34. The van der Waals surface area contributed by atoms with Crippen LogP contribution in [0.4, 0.5) is 0 Å². The van der Waals surface area contributed by atoms with Crippen LogP contribution in [0.3, 0.4) is 0 Å². The van der Waals surface area contributed by atoms with Crippen LogP contribution in [0, 0.1) is 18.8 Å². The van der Waals surface area contributed by atoms with Gasteiger partial charge in [-0.15, -0.1) is 0 Å². The van der Waals surface area contributed by atoms with E-state index >= 15 is 0 Å². The summed E-state index contributed by atoms with van der Waals surface area (Å²) in [5, 5.41) is 0. The molecule has 0 saturated heterocycles. The number of nitrogens with two attached hydrogens (primary N) is 1. The molecule has 2 heteroatoms. The molecule has 2 rings (SSSR count). The van der Waals surface area contributed by atoms with E-state index in [0.717, 1.165) is 30.4 Å². The number of aryl methyl sites for hydroxylation is 1. The minimum atomic E-state index is -0.133. The van der Waals surface area contributed by atoms with E-state index in [1.165, 1.54) is 18.4 Å². The quantitative estimate of drug-likeness (QED) is 0.849. The van der Waals surface area contributed by atoms with Gasteiger partial charge >= 0.3 is 0 Å². The summed E-state index contributed by atoms with van der Waals surface area (Å²) in [5.74, 6) is 1.64. The van der Waals surface area contributed by atoms with Gasteiger partial charge in [-0.2, -0.15) is 0 Å². The second-order valence-corrected chi connectivity index (χ2v) is 5.93. The van der Waals surface area contributed by atoms with Crippen LogP contribution in [0.1, 0.15) is 50.8 Å². The van der Waals surface area contributed by atoms with Crippen molar-refractivity contribution < 1.29 is 0 Å². The van der Waals surface area contributed by atoms with Gasteiger partial charge in [-0.3, -0.25) is 4.98 Å². The van der Waals surface area contributed by atoms with Gasteiger partial charge in [0.05, 0.1) is 0 Å². The molecule has 1 heterocycles. The lowest BCUT2D eigenvalue weighted by Gasteiger charge is -2.38. The molecule has 0 aromatic carbocycles. The van der Waals surface area contributed by atoms with Crippen LogP contribution in [0.15, 0.2) is 18.3 Å². The van der Waals surface area contributed by atoms with Crippen LogP contribution < -0.4 is 5.73 Å². The Balaban J connectivity index is 2.09. The van der Waals surface area contributed by atoms with Crippen molar-refractivity contribution in [1.29, 1.82) is 0 Å². The molecule has 1 saturated carbocycles. The average molecular weight is 232 g/mol. The van der Waals surface area contributed by atoms with E-state index in [9.17, 15) is 0 Å². The van der Waals surface area contributed by atoms with Crippen molar-refractivity contribution >= 4 is 0 Å². The molecule has 0 atom stereocenters. The van der Waals surface area contributed by atoms with Crippen molar-refractivity contribution in [1.82, 2.24) is 4.98 Å². The SMILES string of the molecule is Cc1ccc(C2(N)CCC(C(C)C)CC2)cn1. The van der Waals surface area contributed by atoms with Crippen molar-refractivity contribution in [3.63, 3.8) is 0 Å². The molecule has 0 aliphatic heterocycles. The molecular weight excluding hydrogens is 208 g/mol. The Hall–Kier alpha value is -0.890. The molecule has 17 heavy (non-hydrogen) atoms. The summed E-state index contributed by atoms with van der Waals surface area (Å²) in [4.78, 5) is 4.37. The Morgan fingerprint density at radius 3 is 2.41 bits per heavy atom. The van der Waals surface area contributed by atoms with Gasteiger partial charge in [0.1, 0.15) is 0 Å². The van der Waals surface area contributed by atoms with Crippen LogP contribution >= 0.6 is 0 Å². The van der Waals surface area contributed by atoms with Crippen LogP contribution in [-0.4, -0.2) is 4.98 Å². The third-order valence-electron chi connectivity index (χ3n) is 4.35. The lowest BCUT2D eigenvalue weighted by atomic mass is 9.71. The predicted molar refractivity (Wildman–Crippen MR) is 71.6 cm³/mol. The lowest BCUT2D eigenvalue weighted by Crippen LogP contribution is -2.41. The zero-order valence-corrected chi connectivity index (χ0v) is 11.2. The number of aromatic nitrogens is 1. The van der Waals surface area contributed by atoms with Crippen LogP contribution in [0.2, 0.25) is 0 Å². The molecule has 94 valence electrons. The molecule has 2 N–H and O–H groups in total. The molecular formula is C15H24N2. The fourth-order valence-corrected chi connectivity index (χ4v) is 2.87. The van der Waals surface area contributed by atoms with Gasteiger partial charge in [-0.1, -0.05) is 19.9 Å². The lowest BCUT2D eigenvalue weighted by molar-refractivity contribution is 0.196. The second kappa shape index (κ2) is 4.77. The molecule has 1 fully saturated rings. The maximum atomic E-state index is 6.55. The smallest absolute Gasteiger partial charge is 0.0425 e. The molecule has 1 aliphatic carbocycles. The summed E-state index contributed by atoms with van der Waals surface area (Å²) >= 11 is 0. The third kappa shape index (κ3) is 2.68. The first kappa shape index (κ1) is 12.6. The molecule has 1 aromatic rings. The molecule has 0 amide bonds. The molecule has 0 radical (unpaired) electrons. The average Bonchev–Trinajstić information content (AvgIpc) is 2.30. The Morgan fingerprint density at radius 1 is 1.29 bits per heavy atom. The molecule has 0 unspecified atom stereocenters. The third-order valence-corrected chi connectivity index (χ3v) is 4.35. The van der Waals surface area contributed by atoms with E-state index in [0.29, 0.717) is 0 Å². The molecule has 1 aliphatic rings. The Labute approximate surface area is 105 Å². The van der Waals surface area contributed by atoms with Gasteiger partial charge in [0.25, 0.3) is 0 Å². The Morgan fingerprint density at radius 2 is 1.94 bits per heavy atom. The highest BCUT2D eigenvalue weighted by Crippen LogP contribution is 2.39. The summed E-state index contributed by atoms with van der Waals surface area (Å²) in [6.07, 6.45) is 6.66. The first-order valence-electron chi connectivity index (χ1n) is 6.73. The van der Waals surface area contributed by atoms with Gasteiger partial charge in [0.2, 0.25) is 0 Å². The number of pyridine rings is 1. The van der Waals surface area contributed by atoms with Gasteiger partial charge in [-0.05, 0) is 56.1 Å². The molecule has 0 spiro atoms. The maximum Gasteiger partial charge on any atom is 0.0425 e.